The van der Waals surface area contributed by atoms with Crippen LogP contribution in [0.15, 0.2) is 25.0 Å². The summed E-state index contributed by atoms with van der Waals surface area (Å²) in [7, 11) is 2.13. The second-order valence-electron chi connectivity index (χ2n) is 4.33. The summed E-state index contributed by atoms with van der Waals surface area (Å²) < 4.78 is 24.9. The molecule has 0 aromatic rings. The normalized spacial score (nSPS) is 10.1. The van der Waals surface area contributed by atoms with Gasteiger partial charge in [-0.05, 0) is 13.3 Å². The van der Waals surface area contributed by atoms with Crippen molar-refractivity contribution in [3.63, 3.8) is 0 Å². The van der Waals surface area contributed by atoms with Gasteiger partial charge in [0.2, 0.25) is 0 Å². The molecule has 0 N–H and O–H groups in total. The third-order valence-corrected chi connectivity index (χ3v) is 5.48. The van der Waals surface area contributed by atoms with E-state index >= 15 is 0 Å². The Labute approximate surface area is 139 Å². The summed E-state index contributed by atoms with van der Waals surface area (Å²) in [6.07, 6.45) is 2.18. The first kappa shape index (κ1) is 23.8. The van der Waals surface area contributed by atoms with E-state index in [1.807, 2.05) is 0 Å². The maximum absolute atomic E-state index is 11.1. The Hall–Kier alpha value is -1.48. The predicted molar refractivity (Wildman–Crippen MR) is 88.6 cm³/mol. The summed E-state index contributed by atoms with van der Waals surface area (Å²) in [4.78, 5) is 21.2. The van der Waals surface area contributed by atoms with Crippen LogP contribution in [0.5, 0.6) is 0 Å². The van der Waals surface area contributed by atoms with Crippen molar-refractivity contribution in [3.05, 3.63) is 25.0 Å². The van der Waals surface area contributed by atoms with Crippen LogP contribution in [0.3, 0.4) is 0 Å². The molecule has 0 spiro atoms. The molecule has 0 radical (unpaired) electrons. The van der Waals surface area contributed by atoms with Crippen LogP contribution >= 0.6 is 0 Å². The lowest BCUT2D eigenvalue weighted by molar-refractivity contribution is -0.139. The Bertz CT molecular complexity index is 370. The molecular formula is C15H28O7Si. The van der Waals surface area contributed by atoms with Crippen LogP contribution in [-0.4, -0.2) is 48.7 Å². The SMILES string of the molecule is C=C(C)C(=O)OCCC[Si](OC)(OC)OC.C=COC(=O)CC. The lowest BCUT2D eigenvalue weighted by Gasteiger charge is -2.24. The molecule has 8 heteroatoms. The topological polar surface area (TPSA) is 80.3 Å². The molecule has 0 amide bonds. The van der Waals surface area contributed by atoms with Gasteiger partial charge in [0.25, 0.3) is 0 Å². The zero-order valence-electron chi connectivity index (χ0n) is 14.7. The summed E-state index contributed by atoms with van der Waals surface area (Å²) in [6.45, 7) is 10.4. The first-order chi connectivity index (χ1) is 10.8. The summed E-state index contributed by atoms with van der Waals surface area (Å²) in [5.74, 6) is -0.616. The van der Waals surface area contributed by atoms with Crippen molar-refractivity contribution in [1.82, 2.24) is 0 Å². The Balaban J connectivity index is 0. The van der Waals surface area contributed by atoms with E-state index in [-0.39, 0.29) is 11.9 Å². The van der Waals surface area contributed by atoms with Gasteiger partial charge in [-0.15, -0.1) is 0 Å². The average molecular weight is 348 g/mol. The standard InChI is InChI=1S/C10H20O5Si.C5H8O2/c1-9(2)10(11)15-7-6-8-16(12-3,13-4)14-5;1-3-5(6)7-4-2/h1,6-8H2,2-5H3;4H,2-3H2,1H3. The number of ether oxygens (including phenoxy) is 2. The van der Waals surface area contributed by atoms with Gasteiger partial charge in [0, 0.05) is 39.4 Å². The minimum Gasteiger partial charge on any atom is -0.462 e. The number of hydrogen-bond acceptors (Lipinski definition) is 7. The molecule has 0 saturated heterocycles. The van der Waals surface area contributed by atoms with E-state index in [2.05, 4.69) is 17.9 Å². The van der Waals surface area contributed by atoms with Crippen LogP contribution in [0.4, 0.5) is 0 Å². The van der Waals surface area contributed by atoms with Gasteiger partial charge in [-0.1, -0.05) is 20.1 Å². The molecule has 0 aromatic carbocycles. The van der Waals surface area contributed by atoms with Crippen LogP contribution in [0.1, 0.15) is 26.7 Å². The average Bonchev–Trinajstić information content (AvgIpc) is 2.56. The third-order valence-electron chi connectivity index (χ3n) is 2.65. The summed E-state index contributed by atoms with van der Waals surface area (Å²) in [6, 6.07) is 0.611. The highest BCUT2D eigenvalue weighted by Gasteiger charge is 2.36. The molecule has 0 heterocycles. The van der Waals surface area contributed by atoms with E-state index in [0.717, 1.165) is 6.26 Å². The first-order valence-corrected chi connectivity index (χ1v) is 9.04. The highest BCUT2D eigenvalue weighted by atomic mass is 28.4. The molecule has 0 aliphatic rings. The molecule has 0 aromatic heterocycles. The van der Waals surface area contributed by atoms with Crippen LogP contribution in [0.2, 0.25) is 6.04 Å². The van der Waals surface area contributed by atoms with Crippen molar-refractivity contribution in [2.24, 2.45) is 0 Å². The molecule has 0 aliphatic carbocycles. The van der Waals surface area contributed by atoms with E-state index in [1.165, 1.54) is 0 Å². The molecule has 23 heavy (non-hydrogen) atoms. The van der Waals surface area contributed by atoms with Crippen molar-refractivity contribution in [3.8, 4) is 0 Å². The molecule has 0 saturated carbocycles. The number of carbonyl (C=O) groups is 2. The zero-order valence-corrected chi connectivity index (χ0v) is 15.7. The van der Waals surface area contributed by atoms with Gasteiger partial charge in [-0.2, -0.15) is 0 Å². The van der Waals surface area contributed by atoms with Crippen molar-refractivity contribution in [2.75, 3.05) is 27.9 Å². The van der Waals surface area contributed by atoms with Crippen LogP contribution in [0.25, 0.3) is 0 Å². The number of esters is 2. The Morgan fingerprint density at radius 2 is 1.65 bits per heavy atom. The molecule has 0 rings (SSSR count). The third kappa shape index (κ3) is 11.7. The molecule has 134 valence electrons. The van der Waals surface area contributed by atoms with E-state index in [9.17, 15) is 9.59 Å². The fourth-order valence-corrected chi connectivity index (χ4v) is 3.00. The first-order valence-electron chi connectivity index (χ1n) is 7.10. The van der Waals surface area contributed by atoms with Crippen LogP contribution in [-0.2, 0) is 32.3 Å². The van der Waals surface area contributed by atoms with Gasteiger partial charge in [-0.25, -0.2) is 4.79 Å². The predicted octanol–water partition coefficient (Wildman–Crippen LogP) is 2.46. The summed E-state index contributed by atoms with van der Waals surface area (Å²) >= 11 is 0. The number of rotatable bonds is 10. The highest BCUT2D eigenvalue weighted by Crippen LogP contribution is 2.14. The second-order valence-corrected chi connectivity index (χ2v) is 7.42. The monoisotopic (exact) mass is 348 g/mol. The van der Waals surface area contributed by atoms with Crippen molar-refractivity contribution in [1.29, 1.82) is 0 Å². The van der Waals surface area contributed by atoms with Gasteiger partial charge in [0.1, 0.15) is 0 Å². The van der Waals surface area contributed by atoms with E-state index in [4.69, 9.17) is 18.0 Å². The van der Waals surface area contributed by atoms with Crippen molar-refractivity contribution in [2.45, 2.75) is 32.7 Å². The Kier molecular flexibility index (Phi) is 14.6. The highest BCUT2D eigenvalue weighted by molar-refractivity contribution is 6.60. The number of hydrogen-bond donors (Lipinski definition) is 0. The van der Waals surface area contributed by atoms with E-state index in [1.54, 1.807) is 35.2 Å². The molecular weight excluding hydrogens is 320 g/mol. The Morgan fingerprint density at radius 3 is 1.96 bits per heavy atom. The lowest BCUT2D eigenvalue weighted by atomic mass is 10.4. The van der Waals surface area contributed by atoms with Gasteiger partial charge >= 0.3 is 20.7 Å². The van der Waals surface area contributed by atoms with Gasteiger partial charge in [0.05, 0.1) is 12.9 Å². The van der Waals surface area contributed by atoms with Gasteiger partial charge in [-0.3, -0.25) is 4.79 Å². The maximum atomic E-state index is 11.1. The molecule has 0 aliphatic heterocycles. The fourth-order valence-electron chi connectivity index (χ4n) is 1.31. The van der Waals surface area contributed by atoms with Crippen molar-refractivity contribution < 1.29 is 32.3 Å². The largest absolute Gasteiger partial charge is 0.500 e. The minimum atomic E-state index is -2.53. The quantitative estimate of drug-likeness (QED) is 0.197. The number of carbonyl (C=O) groups excluding carboxylic acids is 2. The second kappa shape index (κ2) is 14.1. The fraction of sp³-hybridized carbons (Fsp3) is 0.600. The summed E-state index contributed by atoms with van der Waals surface area (Å²) in [5.41, 5.74) is 0.397. The summed E-state index contributed by atoms with van der Waals surface area (Å²) in [5, 5.41) is 0. The van der Waals surface area contributed by atoms with Crippen LogP contribution < -0.4 is 0 Å². The smallest absolute Gasteiger partial charge is 0.462 e. The van der Waals surface area contributed by atoms with E-state index in [0.29, 0.717) is 31.1 Å². The molecule has 0 bridgehead atoms. The molecule has 7 nitrogen and oxygen atoms in total. The molecule has 0 fully saturated rings. The van der Waals surface area contributed by atoms with Gasteiger partial charge in [0.15, 0.2) is 0 Å². The molecule has 0 unspecified atom stereocenters. The zero-order chi connectivity index (χ0) is 18.3. The van der Waals surface area contributed by atoms with Crippen molar-refractivity contribution >= 4 is 20.7 Å². The van der Waals surface area contributed by atoms with Crippen LogP contribution in [0, 0.1) is 0 Å². The van der Waals surface area contributed by atoms with E-state index < -0.39 is 8.80 Å². The van der Waals surface area contributed by atoms with Gasteiger partial charge < -0.3 is 22.8 Å². The lowest BCUT2D eigenvalue weighted by Crippen LogP contribution is -2.42. The Morgan fingerprint density at radius 1 is 1.13 bits per heavy atom. The molecule has 0 atom stereocenters. The minimum absolute atomic E-state index is 0.241. The maximum Gasteiger partial charge on any atom is 0.500 e.